The molecule has 0 aliphatic carbocycles. The molecule has 0 amide bonds. The standard InChI is InChI=1S/C36H33N2OP/c1-3-27(4-2)28-24-29(36-37-34-22-14-15-23-35(34)38(36)30-16-8-5-9-17-30)26-33(25-28)40(39,31-18-10-6-11-19-31)32-20-12-7-13-21-32/h5-27H,3-4H2,1-2H3. The zero-order valence-electron chi connectivity index (χ0n) is 22.9. The van der Waals surface area contributed by atoms with Gasteiger partial charge in [0.2, 0.25) is 0 Å². The minimum absolute atomic E-state index is 0.355. The van der Waals surface area contributed by atoms with E-state index in [1.165, 1.54) is 5.56 Å². The van der Waals surface area contributed by atoms with Crippen molar-refractivity contribution in [2.45, 2.75) is 32.6 Å². The number of imidazole rings is 1. The number of hydrogen-bond donors (Lipinski definition) is 0. The Bertz CT molecular complexity index is 1750. The molecule has 0 saturated carbocycles. The first-order valence-corrected chi connectivity index (χ1v) is 15.7. The van der Waals surface area contributed by atoms with Gasteiger partial charge in [0.1, 0.15) is 5.82 Å². The summed E-state index contributed by atoms with van der Waals surface area (Å²) in [4.78, 5) is 5.15. The summed E-state index contributed by atoms with van der Waals surface area (Å²) in [6.07, 6.45) is 2.02. The number of benzene rings is 5. The number of rotatable bonds is 8. The predicted molar refractivity (Wildman–Crippen MR) is 169 cm³/mol. The van der Waals surface area contributed by atoms with Gasteiger partial charge >= 0.3 is 0 Å². The van der Waals surface area contributed by atoms with Crippen molar-refractivity contribution in [3.8, 4) is 17.1 Å². The van der Waals surface area contributed by atoms with E-state index in [9.17, 15) is 0 Å². The summed E-state index contributed by atoms with van der Waals surface area (Å²) in [7, 11) is -3.17. The predicted octanol–water partition coefficient (Wildman–Crippen LogP) is 8.24. The Morgan fingerprint density at radius 1 is 0.650 bits per heavy atom. The van der Waals surface area contributed by atoms with Crippen molar-refractivity contribution in [1.29, 1.82) is 0 Å². The van der Waals surface area contributed by atoms with Crippen LogP contribution < -0.4 is 15.9 Å². The average molecular weight is 541 g/mol. The highest BCUT2D eigenvalue weighted by atomic mass is 31.2. The van der Waals surface area contributed by atoms with Crippen molar-refractivity contribution in [3.63, 3.8) is 0 Å². The van der Waals surface area contributed by atoms with Gasteiger partial charge < -0.3 is 4.57 Å². The van der Waals surface area contributed by atoms with E-state index in [1.54, 1.807) is 0 Å². The molecule has 0 spiro atoms. The maximum Gasteiger partial charge on any atom is 0.171 e. The van der Waals surface area contributed by atoms with Crippen LogP contribution in [0.1, 0.15) is 38.2 Å². The number of nitrogens with zero attached hydrogens (tertiary/aromatic N) is 2. The first kappa shape index (κ1) is 26.0. The van der Waals surface area contributed by atoms with E-state index in [-0.39, 0.29) is 0 Å². The van der Waals surface area contributed by atoms with Crippen LogP contribution in [0.15, 0.2) is 133 Å². The van der Waals surface area contributed by atoms with Gasteiger partial charge in [-0.15, -0.1) is 0 Å². The summed E-state index contributed by atoms with van der Waals surface area (Å²) in [5, 5.41) is 2.52. The van der Waals surface area contributed by atoms with Crippen molar-refractivity contribution in [2.75, 3.05) is 0 Å². The summed E-state index contributed by atoms with van der Waals surface area (Å²) in [6, 6.07) is 45.1. The van der Waals surface area contributed by atoms with E-state index in [4.69, 9.17) is 4.98 Å². The first-order chi connectivity index (χ1) is 19.6. The van der Waals surface area contributed by atoms with Crippen molar-refractivity contribution < 1.29 is 4.57 Å². The molecule has 1 heterocycles. The molecule has 0 N–H and O–H groups in total. The van der Waals surface area contributed by atoms with Crippen LogP contribution in [-0.4, -0.2) is 9.55 Å². The molecule has 3 nitrogen and oxygen atoms in total. The van der Waals surface area contributed by atoms with Gasteiger partial charge in [0, 0.05) is 27.2 Å². The SMILES string of the molecule is CCC(CC)c1cc(-c2nc3ccccc3n2-c2ccccc2)cc(P(=O)(c2ccccc2)c2ccccc2)c1. The highest BCUT2D eigenvalue weighted by Gasteiger charge is 2.31. The third kappa shape index (κ3) is 4.61. The largest absolute Gasteiger partial charge is 0.309 e. The van der Waals surface area contributed by atoms with E-state index >= 15 is 4.57 Å². The summed E-state index contributed by atoms with van der Waals surface area (Å²) in [5.74, 6) is 1.21. The lowest BCUT2D eigenvalue weighted by molar-refractivity contribution is 0.592. The highest BCUT2D eigenvalue weighted by Crippen LogP contribution is 2.44. The lowest BCUT2D eigenvalue weighted by Gasteiger charge is -2.23. The van der Waals surface area contributed by atoms with E-state index in [0.717, 1.165) is 56.9 Å². The maximum atomic E-state index is 15.5. The lowest BCUT2D eigenvalue weighted by atomic mass is 9.92. The second-order valence-electron chi connectivity index (χ2n) is 10.2. The zero-order chi connectivity index (χ0) is 27.5. The van der Waals surface area contributed by atoms with Gasteiger partial charge in [0.25, 0.3) is 0 Å². The second-order valence-corrected chi connectivity index (χ2v) is 13.0. The summed E-state index contributed by atoms with van der Waals surface area (Å²) >= 11 is 0. The molecule has 0 fully saturated rings. The van der Waals surface area contributed by atoms with Crippen molar-refractivity contribution in [2.24, 2.45) is 0 Å². The molecule has 0 radical (unpaired) electrons. The molecule has 0 aliphatic rings. The third-order valence-corrected chi connectivity index (χ3v) is 10.9. The molecule has 0 unspecified atom stereocenters. The Labute approximate surface area is 236 Å². The Kier molecular flexibility index (Phi) is 7.24. The third-order valence-electron chi connectivity index (χ3n) is 7.83. The Morgan fingerprint density at radius 3 is 1.80 bits per heavy atom. The number of fused-ring (bicyclic) bond motifs is 1. The monoisotopic (exact) mass is 540 g/mol. The Balaban J connectivity index is 1.68. The number of para-hydroxylation sites is 3. The summed E-state index contributed by atoms with van der Waals surface area (Å²) in [6.45, 7) is 4.46. The van der Waals surface area contributed by atoms with Gasteiger partial charge in [0.15, 0.2) is 7.14 Å². The van der Waals surface area contributed by atoms with Crippen molar-refractivity contribution in [3.05, 3.63) is 139 Å². The minimum Gasteiger partial charge on any atom is -0.309 e. The molecule has 0 aliphatic heterocycles. The normalized spacial score (nSPS) is 11.8. The van der Waals surface area contributed by atoms with Gasteiger partial charge in [-0.1, -0.05) is 105 Å². The molecule has 198 valence electrons. The molecule has 0 saturated heterocycles. The molecule has 0 bridgehead atoms. The van der Waals surface area contributed by atoms with Gasteiger partial charge in [-0.3, -0.25) is 4.57 Å². The molecule has 0 atom stereocenters. The van der Waals surface area contributed by atoms with Crippen LogP contribution in [-0.2, 0) is 4.57 Å². The van der Waals surface area contributed by atoms with Crippen molar-refractivity contribution in [1.82, 2.24) is 9.55 Å². The highest BCUT2D eigenvalue weighted by molar-refractivity contribution is 7.85. The van der Waals surface area contributed by atoms with Crippen molar-refractivity contribution >= 4 is 34.1 Å². The van der Waals surface area contributed by atoms with Crippen LogP contribution in [0.5, 0.6) is 0 Å². The van der Waals surface area contributed by atoms with Gasteiger partial charge in [-0.25, -0.2) is 4.98 Å². The first-order valence-electron chi connectivity index (χ1n) is 14.0. The fraction of sp³-hybridized carbons (Fsp3) is 0.139. The maximum absolute atomic E-state index is 15.5. The molecule has 6 aromatic rings. The smallest absolute Gasteiger partial charge is 0.171 e. The number of aromatic nitrogens is 2. The van der Waals surface area contributed by atoms with Gasteiger partial charge in [-0.2, -0.15) is 0 Å². The minimum atomic E-state index is -3.17. The fourth-order valence-corrected chi connectivity index (χ4v) is 8.45. The van der Waals surface area contributed by atoms with E-state index in [0.29, 0.717) is 5.92 Å². The Hall–Kier alpha value is -4.20. The molecule has 4 heteroatoms. The molecule has 5 aromatic carbocycles. The Morgan fingerprint density at radius 2 is 1.20 bits per heavy atom. The molecular weight excluding hydrogens is 507 g/mol. The van der Waals surface area contributed by atoms with Gasteiger partial charge in [0.05, 0.1) is 11.0 Å². The van der Waals surface area contributed by atoms with E-state index < -0.39 is 7.14 Å². The average Bonchev–Trinajstić information content (AvgIpc) is 3.42. The molecule has 6 rings (SSSR count). The van der Waals surface area contributed by atoms with Crippen LogP contribution in [0.3, 0.4) is 0 Å². The quantitative estimate of drug-likeness (QED) is 0.182. The van der Waals surface area contributed by atoms with Crippen LogP contribution in [0.4, 0.5) is 0 Å². The van der Waals surface area contributed by atoms with E-state index in [1.807, 2.05) is 72.8 Å². The van der Waals surface area contributed by atoms with Crippen LogP contribution in [0, 0.1) is 0 Å². The van der Waals surface area contributed by atoms with Gasteiger partial charge in [-0.05, 0) is 66.8 Å². The number of hydrogen-bond acceptors (Lipinski definition) is 2. The second kappa shape index (κ2) is 11.1. The molecule has 40 heavy (non-hydrogen) atoms. The summed E-state index contributed by atoms with van der Waals surface area (Å²) < 4.78 is 17.7. The lowest BCUT2D eigenvalue weighted by Crippen LogP contribution is -2.25. The fourth-order valence-electron chi connectivity index (χ4n) is 5.72. The molecular formula is C36H33N2OP. The van der Waals surface area contributed by atoms with Crippen LogP contribution >= 0.6 is 7.14 Å². The van der Waals surface area contributed by atoms with Crippen LogP contribution in [0.25, 0.3) is 28.1 Å². The zero-order valence-corrected chi connectivity index (χ0v) is 23.8. The van der Waals surface area contributed by atoms with Crippen LogP contribution in [0.2, 0.25) is 0 Å². The topological polar surface area (TPSA) is 34.9 Å². The van der Waals surface area contributed by atoms with E-state index in [2.05, 4.69) is 79.1 Å². The summed E-state index contributed by atoms with van der Waals surface area (Å²) in [5.41, 5.74) is 5.22. The molecule has 1 aromatic heterocycles.